The lowest BCUT2D eigenvalue weighted by Gasteiger charge is -2.20. The summed E-state index contributed by atoms with van der Waals surface area (Å²) < 4.78 is 13.4. The lowest BCUT2D eigenvalue weighted by atomic mass is 10.1. The number of halogens is 1. The number of carbonyl (C=O) groups is 1. The average molecular weight is 238 g/mol. The third-order valence-corrected chi connectivity index (χ3v) is 2.08. The van der Waals surface area contributed by atoms with Crippen molar-refractivity contribution in [2.45, 2.75) is 33.2 Å². The molecule has 1 aromatic rings. The lowest BCUT2D eigenvalue weighted by molar-refractivity contribution is -0.120. The van der Waals surface area contributed by atoms with Gasteiger partial charge in [-0.3, -0.25) is 4.79 Å². The van der Waals surface area contributed by atoms with Gasteiger partial charge in [0, 0.05) is 5.54 Å². The van der Waals surface area contributed by atoms with Crippen LogP contribution >= 0.6 is 0 Å². The van der Waals surface area contributed by atoms with Crippen LogP contribution in [0.4, 0.5) is 10.1 Å². The minimum absolute atomic E-state index is 0.0667. The Morgan fingerprint density at radius 1 is 1.35 bits per heavy atom. The van der Waals surface area contributed by atoms with Gasteiger partial charge in [-0.2, -0.15) is 0 Å². The van der Waals surface area contributed by atoms with E-state index in [1.54, 1.807) is 12.1 Å². The van der Waals surface area contributed by atoms with Gasteiger partial charge < -0.3 is 10.6 Å². The van der Waals surface area contributed by atoms with E-state index in [0.717, 1.165) is 5.56 Å². The van der Waals surface area contributed by atoms with E-state index in [1.807, 2.05) is 27.7 Å². The number of anilines is 1. The SMILES string of the molecule is Cc1ccc(NCC(=O)NC(C)(C)C)c(F)c1. The molecule has 1 rings (SSSR count). The first-order valence-electron chi connectivity index (χ1n) is 5.59. The van der Waals surface area contributed by atoms with E-state index >= 15 is 0 Å². The van der Waals surface area contributed by atoms with E-state index in [2.05, 4.69) is 10.6 Å². The van der Waals surface area contributed by atoms with Gasteiger partial charge in [-0.1, -0.05) is 6.07 Å². The Kier molecular flexibility index (Phi) is 4.10. The summed E-state index contributed by atoms with van der Waals surface area (Å²) in [6.07, 6.45) is 0. The summed E-state index contributed by atoms with van der Waals surface area (Å²) in [5.41, 5.74) is 0.928. The molecule has 0 atom stereocenters. The zero-order chi connectivity index (χ0) is 13.1. The second-order valence-electron chi connectivity index (χ2n) is 5.14. The fraction of sp³-hybridized carbons (Fsp3) is 0.462. The maximum Gasteiger partial charge on any atom is 0.239 e. The predicted octanol–water partition coefficient (Wildman–Crippen LogP) is 2.46. The van der Waals surface area contributed by atoms with E-state index < -0.39 is 0 Å². The largest absolute Gasteiger partial charge is 0.374 e. The van der Waals surface area contributed by atoms with Crippen molar-refractivity contribution in [3.8, 4) is 0 Å². The number of nitrogens with one attached hydrogen (secondary N) is 2. The van der Waals surface area contributed by atoms with E-state index in [-0.39, 0.29) is 23.8 Å². The zero-order valence-electron chi connectivity index (χ0n) is 10.7. The summed E-state index contributed by atoms with van der Waals surface area (Å²) in [5.74, 6) is -0.494. The highest BCUT2D eigenvalue weighted by molar-refractivity contribution is 5.81. The zero-order valence-corrected chi connectivity index (χ0v) is 10.7. The monoisotopic (exact) mass is 238 g/mol. The van der Waals surface area contributed by atoms with Crippen molar-refractivity contribution in [1.82, 2.24) is 5.32 Å². The fourth-order valence-corrected chi connectivity index (χ4v) is 1.40. The van der Waals surface area contributed by atoms with Gasteiger partial charge >= 0.3 is 0 Å². The molecule has 0 aliphatic rings. The molecule has 0 saturated heterocycles. The van der Waals surface area contributed by atoms with E-state index in [0.29, 0.717) is 5.69 Å². The van der Waals surface area contributed by atoms with Gasteiger partial charge in [-0.05, 0) is 45.4 Å². The molecule has 1 aromatic carbocycles. The van der Waals surface area contributed by atoms with Crippen molar-refractivity contribution in [3.05, 3.63) is 29.6 Å². The summed E-state index contributed by atoms with van der Waals surface area (Å²) in [6.45, 7) is 7.59. The standard InChI is InChI=1S/C13H19FN2O/c1-9-5-6-11(10(14)7-9)15-8-12(17)16-13(2,3)4/h5-7,15H,8H2,1-4H3,(H,16,17). The van der Waals surface area contributed by atoms with E-state index in [9.17, 15) is 9.18 Å². The van der Waals surface area contributed by atoms with Gasteiger partial charge in [-0.25, -0.2) is 4.39 Å². The highest BCUT2D eigenvalue weighted by Crippen LogP contribution is 2.14. The van der Waals surface area contributed by atoms with Gasteiger partial charge in [0.25, 0.3) is 0 Å². The van der Waals surface area contributed by atoms with E-state index in [4.69, 9.17) is 0 Å². The van der Waals surface area contributed by atoms with Crippen LogP contribution in [0.25, 0.3) is 0 Å². The summed E-state index contributed by atoms with van der Waals surface area (Å²) >= 11 is 0. The number of aryl methyl sites for hydroxylation is 1. The van der Waals surface area contributed by atoms with Gasteiger partial charge in [-0.15, -0.1) is 0 Å². The molecule has 0 aliphatic carbocycles. The number of benzene rings is 1. The Labute approximate surface area is 101 Å². The Hall–Kier alpha value is -1.58. The number of amides is 1. The van der Waals surface area contributed by atoms with Gasteiger partial charge in [0.1, 0.15) is 5.82 Å². The molecule has 0 aliphatic heterocycles. The van der Waals surface area contributed by atoms with Crippen molar-refractivity contribution in [2.24, 2.45) is 0 Å². The summed E-state index contributed by atoms with van der Waals surface area (Å²) in [7, 11) is 0. The highest BCUT2D eigenvalue weighted by Gasteiger charge is 2.13. The molecule has 0 radical (unpaired) electrons. The van der Waals surface area contributed by atoms with Crippen LogP contribution in [-0.4, -0.2) is 18.0 Å². The molecule has 0 bridgehead atoms. The molecular formula is C13H19FN2O. The van der Waals surface area contributed by atoms with Crippen molar-refractivity contribution in [2.75, 3.05) is 11.9 Å². The molecule has 0 unspecified atom stereocenters. The molecule has 3 nitrogen and oxygen atoms in total. The third-order valence-electron chi connectivity index (χ3n) is 2.08. The van der Waals surface area contributed by atoms with E-state index in [1.165, 1.54) is 6.07 Å². The minimum Gasteiger partial charge on any atom is -0.374 e. The van der Waals surface area contributed by atoms with Crippen LogP contribution in [0.2, 0.25) is 0 Å². The summed E-state index contributed by atoms with van der Waals surface area (Å²) in [6, 6.07) is 4.87. The van der Waals surface area contributed by atoms with Crippen molar-refractivity contribution >= 4 is 11.6 Å². The summed E-state index contributed by atoms with van der Waals surface area (Å²) in [5, 5.41) is 5.57. The van der Waals surface area contributed by atoms with Gasteiger partial charge in [0.15, 0.2) is 0 Å². The first-order chi connectivity index (χ1) is 7.78. The van der Waals surface area contributed by atoms with Crippen LogP contribution in [0, 0.1) is 12.7 Å². The van der Waals surface area contributed by atoms with Crippen molar-refractivity contribution < 1.29 is 9.18 Å². The molecule has 17 heavy (non-hydrogen) atoms. The Bertz CT molecular complexity index is 410. The molecule has 94 valence electrons. The number of hydrogen-bond acceptors (Lipinski definition) is 2. The molecule has 0 heterocycles. The first-order valence-corrected chi connectivity index (χ1v) is 5.59. The second kappa shape index (κ2) is 5.17. The molecule has 0 aromatic heterocycles. The topological polar surface area (TPSA) is 41.1 Å². The normalized spacial score (nSPS) is 11.1. The molecule has 0 spiro atoms. The average Bonchev–Trinajstić information content (AvgIpc) is 2.13. The Balaban J connectivity index is 2.53. The molecular weight excluding hydrogens is 219 g/mol. The van der Waals surface area contributed by atoms with Gasteiger partial charge in [0.2, 0.25) is 5.91 Å². The van der Waals surface area contributed by atoms with Crippen LogP contribution in [-0.2, 0) is 4.79 Å². The smallest absolute Gasteiger partial charge is 0.239 e. The minimum atomic E-state index is -0.339. The van der Waals surface area contributed by atoms with Crippen molar-refractivity contribution in [1.29, 1.82) is 0 Å². The second-order valence-corrected chi connectivity index (χ2v) is 5.14. The maximum atomic E-state index is 13.4. The fourth-order valence-electron chi connectivity index (χ4n) is 1.40. The van der Waals surface area contributed by atoms with Crippen LogP contribution in [0.1, 0.15) is 26.3 Å². The van der Waals surface area contributed by atoms with Gasteiger partial charge in [0.05, 0.1) is 12.2 Å². The van der Waals surface area contributed by atoms with Crippen LogP contribution in [0.3, 0.4) is 0 Å². The number of rotatable bonds is 3. The highest BCUT2D eigenvalue weighted by atomic mass is 19.1. The quantitative estimate of drug-likeness (QED) is 0.849. The molecule has 0 fully saturated rings. The molecule has 0 saturated carbocycles. The number of hydrogen-bond donors (Lipinski definition) is 2. The van der Waals surface area contributed by atoms with Crippen LogP contribution in [0.15, 0.2) is 18.2 Å². The Morgan fingerprint density at radius 3 is 2.53 bits per heavy atom. The first kappa shape index (κ1) is 13.5. The van der Waals surface area contributed by atoms with Crippen molar-refractivity contribution in [3.63, 3.8) is 0 Å². The maximum absolute atomic E-state index is 13.4. The number of carbonyl (C=O) groups excluding carboxylic acids is 1. The summed E-state index contributed by atoms with van der Waals surface area (Å²) in [4.78, 5) is 11.5. The predicted molar refractivity (Wildman–Crippen MR) is 67.5 cm³/mol. The molecule has 1 amide bonds. The molecule has 4 heteroatoms. The lowest BCUT2D eigenvalue weighted by Crippen LogP contribution is -2.43. The third kappa shape index (κ3) is 4.85. The molecule has 2 N–H and O–H groups in total. The van der Waals surface area contributed by atoms with Crippen LogP contribution in [0.5, 0.6) is 0 Å². The van der Waals surface area contributed by atoms with Crippen LogP contribution < -0.4 is 10.6 Å². The Morgan fingerprint density at radius 2 is 2.00 bits per heavy atom.